The van der Waals surface area contributed by atoms with Crippen molar-refractivity contribution >= 4 is 34.8 Å². The lowest BCUT2D eigenvalue weighted by Gasteiger charge is -2.00. The van der Waals surface area contributed by atoms with E-state index in [9.17, 15) is 4.79 Å². The van der Waals surface area contributed by atoms with Gasteiger partial charge >= 0.3 is 0 Å². The van der Waals surface area contributed by atoms with E-state index in [0.29, 0.717) is 5.56 Å². The van der Waals surface area contributed by atoms with Gasteiger partial charge in [0.25, 0.3) is 5.56 Å². The Morgan fingerprint density at radius 3 is 2.27 bits per heavy atom. The van der Waals surface area contributed by atoms with Crippen LogP contribution in [-0.2, 0) is 0 Å². The molecule has 1 N–H and O–H groups in total. The molecule has 2 nitrogen and oxygen atoms in total. The molecule has 0 aliphatic rings. The zero-order chi connectivity index (χ0) is 8.59. The molecule has 0 fully saturated rings. The summed E-state index contributed by atoms with van der Waals surface area (Å²) in [6.45, 7) is 1.63. The average Bonchev–Trinajstić information content (AvgIpc) is 1.97. The van der Waals surface area contributed by atoms with E-state index in [4.69, 9.17) is 34.8 Å². The Kier molecular flexibility index (Phi) is 2.47. The van der Waals surface area contributed by atoms with Gasteiger partial charge in [-0.1, -0.05) is 34.8 Å². The monoisotopic (exact) mass is 211 g/mol. The first kappa shape index (κ1) is 8.91. The molecular weight excluding hydrogens is 208 g/mol. The fourth-order valence-corrected chi connectivity index (χ4v) is 1.20. The Morgan fingerprint density at radius 2 is 1.73 bits per heavy atom. The van der Waals surface area contributed by atoms with Gasteiger partial charge in [0.15, 0.2) is 0 Å². The van der Waals surface area contributed by atoms with Gasteiger partial charge < -0.3 is 4.98 Å². The fourth-order valence-electron chi connectivity index (χ4n) is 0.641. The predicted octanol–water partition coefficient (Wildman–Crippen LogP) is 2.64. The molecule has 0 saturated heterocycles. The Bertz CT molecular complexity index is 344. The highest BCUT2D eigenvalue weighted by atomic mass is 35.5. The summed E-state index contributed by atoms with van der Waals surface area (Å²) < 4.78 is 0. The zero-order valence-corrected chi connectivity index (χ0v) is 7.81. The molecule has 1 aromatic heterocycles. The quantitative estimate of drug-likeness (QED) is 0.659. The van der Waals surface area contributed by atoms with Crippen LogP contribution in [0.25, 0.3) is 0 Å². The number of H-pyrrole nitrogens is 1. The molecule has 1 heterocycles. The third-order valence-electron chi connectivity index (χ3n) is 1.27. The van der Waals surface area contributed by atoms with Crippen molar-refractivity contribution in [1.82, 2.24) is 4.98 Å². The minimum atomic E-state index is -0.418. The van der Waals surface area contributed by atoms with Gasteiger partial charge in [-0.2, -0.15) is 0 Å². The summed E-state index contributed by atoms with van der Waals surface area (Å²) in [6.07, 6.45) is 0. The summed E-state index contributed by atoms with van der Waals surface area (Å²) in [6, 6.07) is 0. The van der Waals surface area contributed by atoms with E-state index in [2.05, 4.69) is 4.98 Å². The maximum absolute atomic E-state index is 10.9. The van der Waals surface area contributed by atoms with Crippen molar-refractivity contribution in [3.8, 4) is 0 Å². The van der Waals surface area contributed by atoms with Crippen molar-refractivity contribution in [2.75, 3.05) is 0 Å². The van der Waals surface area contributed by atoms with E-state index in [1.165, 1.54) is 0 Å². The Labute approximate surface area is 78.1 Å². The first-order valence-corrected chi connectivity index (χ1v) is 3.90. The molecule has 0 atom stereocenters. The van der Waals surface area contributed by atoms with Crippen molar-refractivity contribution in [2.45, 2.75) is 6.92 Å². The largest absolute Gasteiger partial charge is 0.310 e. The Balaban J connectivity index is 3.59. The summed E-state index contributed by atoms with van der Waals surface area (Å²) in [5.74, 6) is 0. The van der Waals surface area contributed by atoms with Crippen LogP contribution in [0.5, 0.6) is 0 Å². The molecule has 0 amide bonds. The summed E-state index contributed by atoms with van der Waals surface area (Å²) in [7, 11) is 0. The summed E-state index contributed by atoms with van der Waals surface area (Å²) in [5, 5.41) is 0.495. The van der Waals surface area contributed by atoms with Crippen molar-refractivity contribution in [3.63, 3.8) is 0 Å². The molecule has 0 aromatic carbocycles. The van der Waals surface area contributed by atoms with Crippen molar-refractivity contribution in [3.05, 3.63) is 31.1 Å². The van der Waals surface area contributed by atoms with Crippen LogP contribution in [0.3, 0.4) is 0 Å². The van der Waals surface area contributed by atoms with E-state index >= 15 is 0 Å². The second-order valence-corrected chi connectivity index (χ2v) is 3.15. The number of rotatable bonds is 0. The first-order valence-electron chi connectivity index (χ1n) is 2.77. The number of pyridine rings is 1. The Morgan fingerprint density at radius 1 is 1.18 bits per heavy atom. The van der Waals surface area contributed by atoms with Crippen LogP contribution in [0.4, 0.5) is 0 Å². The maximum atomic E-state index is 10.9. The highest BCUT2D eigenvalue weighted by molar-refractivity contribution is 6.43. The van der Waals surface area contributed by atoms with E-state index < -0.39 is 5.56 Å². The van der Waals surface area contributed by atoms with Gasteiger partial charge in [-0.25, -0.2) is 0 Å². The van der Waals surface area contributed by atoms with E-state index in [1.54, 1.807) is 6.92 Å². The lowest BCUT2D eigenvalue weighted by atomic mass is 10.3. The average molecular weight is 212 g/mol. The van der Waals surface area contributed by atoms with Crippen LogP contribution < -0.4 is 5.56 Å². The number of halogens is 3. The topological polar surface area (TPSA) is 32.9 Å². The number of aromatic amines is 1. The molecular formula is C6H4Cl3NO. The number of nitrogens with one attached hydrogen (secondary N) is 1. The van der Waals surface area contributed by atoms with Gasteiger partial charge in [0.05, 0.1) is 5.02 Å². The summed E-state index contributed by atoms with van der Waals surface area (Å²) >= 11 is 16.8. The molecule has 0 aliphatic carbocycles. The molecule has 1 aromatic rings. The lowest BCUT2D eigenvalue weighted by molar-refractivity contribution is 1.21. The molecule has 0 spiro atoms. The normalized spacial score (nSPS) is 10.2. The number of aromatic nitrogens is 1. The third-order valence-corrected chi connectivity index (χ3v) is 2.58. The van der Waals surface area contributed by atoms with Crippen LogP contribution in [0, 0.1) is 6.92 Å². The molecule has 0 radical (unpaired) electrons. The first-order chi connectivity index (χ1) is 5.04. The third kappa shape index (κ3) is 1.53. The van der Waals surface area contributed by atoms with Crippen LogP contribution in [0.15, 0.2) is 4.79 Å². The molecule has 5 heteroatoms. The number of hydrogen-bond donors (Lipinski definition) is 1. The predicted molar refractivity (Wildman–Crippen MR) is 46.8 cm³/mol. The van der Waals surface area contributed by atoms with Crippen LogP contribution in [-0.4, -0.2) is 4.98 Å². The van der Waals surface area contributed by atoms with Gasteiger partial charge in [0.2, 0.25) is 0 Å². The lowest BCUT2D eigenvalue weighted by Crippen LogP contribution is -2.08. The molecule has 0 unspecified atom stereocenters. The minimum absolute atomic E-state index is 0.0828. The second-order valence-electron chi connectivity index (χ2n) is 2.02. The smallest absolute Gasteiger partial charge is 0.268 e. The number of hydrogen-bond acceptors (Lipinski definition) is 1. The fraction of sp³-hybridized carbons (Fsp3) is 0.167. The summed E-state index contributed by atoms with van der Waals surface area (Å²) in [4.78, 5) is 13.2. The van der Waals surface area contributed by atoms with Crippen LogP contribution in [0.2, 0.25) is 15.2 Å². The highest BCUT2D eigenvalue weighted by Gasteiger charge is 2.08. The summed E-state index contributed by atoms with van der Waals surface area (Å²) in [5.41, 5.74) is 0.0839. The van der Waals surface area contributed by atoms with Gasteiger partial charge in [-0.3, -0.25) is 4.79 Å². The SMILES string of the molecule is Cc1c(Cl)c(Cl)[nH]c(=O)c1Cl. The van der Waals surface area contributed by atoms with E-state index in [1.807, 2.05) is 0 Å². The minimum Gasteiger partial charge on any atom is -0.310 e. The van der Waals surface area contributed by atoms with Gasteiger partial charge in [-0.05, 0) is 12.5 Å². The molecule has 0 saturated carbocycles. The van der Waals surface area contributed by atoms with Crippen molar-refractivity contribution < 1.29 is 0 Å². The molecule has 1 rings (SSSR count). The standard InChI is InChI=1S/C6H4Cl3NO/c1-2-3(7)5(9)10-6(11)4(2)8/h1H3,(H,10,11). The van der Waals surface area contributed by atoms with Crippen LogP contribution in [0.1, 0.15) is 5.56 Å². The highest BCUT2D eigenvalue weighted by Crippen LogP contribution is 2.25. The molecule has 60 valence electrons. The van der Waals surface area contributed by atoms with Crippen molar-refractivity contribution in [2.24, 2.45) is 0 Å². The van der Waals surface area contributed by atoms with Gasteiger partial charge in [0, 0.05) is 0 Å². The maximum Gasteiger partial charge on any atom is 0.268 e. The van der Waals surface area contributed by atoms with Crippen molar-refractivity contribution in [1.29, 1.82) is 0 Å². The Hall–Kier alpha value is -0.180. The zero-order valence-electron chi connectivity index (χ0n) is 5.54. The van der Waals surface area contributed by atoms with Gasteiger partial charge in [-0.15, -0.1) is 0 Å². The van der Waals surface area contributed by atoms with E-state index in [0.717, 1.165) is 0 Å². The molecule has 11 heavy (non-hydrogen) atoms. The molecule has 0 bridgehead atoms. The van der Waals surface area contributed by atoms with Crippen LogP contribution >= 0.6 is 34.8 Å². The molecule has 0 aliphatic heterocycles. The van der Waals surface area contributed by atoms with E-state index in [-0.39, 0.29) is 15.2 Å². The second kappa shape index (κ2) is 3.05. The van der Waals surface area contributed by atoms with Gasteiger partial charge in [0.1, 0.15) is 10.2 Å².